The molecule has 1 fully saturated rings. The molecule has 0 aliphatic carbocycles. The number of anilines is 1. The van der Waals surface area contributed by atoms with Crippen molar-refractivity contribution in [2.75, 3.05) is 31.6 Å². The fraction of sp³-hybridized carbons (Fsp3) is 0.364. The molecule has 2 heterocycles. The quantitative estimate of drug-likeness (QED) is 0.670. The average Bonchev–Trinajstić information content (AvgIpc) is 2.83. The normalized spacial score (nSPS) is 19.9. The smallest absolute Gasteiger partial charge is 0.348 e. The number of carbonyl (C=O) groups is 2. The van der Waals surface area contributed by atoms with E-state index in [1.165, 1.54) is 11.4 Å². The van der Waals surface area contributed by atoms with Gasteiger partial charge in [-0.05, 0) is 37.1 Å². The number of fused-ring (bicyclic) bond motifs is 1. The molecule has 2 aromatic rings. The maximum atomic E-state index is 13.3. The molecule has 1 amide bonds. The highest BCUT2D eigenvalue weighted by Crippen LogP contribution is 2.35. The molecule has 0 aromatic heterocycles. The minimum absolute atomic E-state index is 0.0606. The molecule has 1 atom stereocenters. The number of piperidine rings is 1. The van der Waals surface area contributed by atoms with Crippen LogP contribution in [0.15, 0.2) is 59.5 Å². The molecule has 0 bridgehead atoms. The van der Waals surface area contributed by atoms with Crippen LogP contribution in [0.4, 0.5) is 5.69 Å². The van der Waals surface area contributed by atoms with Gasteiger partial charge in [0.25, 0.3) is 0 Å². The monoisotopic (exact) mass is 444 g/mol. The van der Waals surface area contributed by atoms with Crippen LogP contribution < -0.4 is 9.64 Å². The van der Waals surface area contributed by atoms with Crippen LogP contribution in [0.2, 0.25) is 0 Å². The third-order valence-electron chi connectivity index (χ3n) is 5.69. The van der Waals surface area contributed by atoms with E-state index in [2.05, 4.69) is 0 Å². The van der Waals surface area contributed by atoms with Gasteiger partial charge < -0.3 is 14.4 Å². The number of hydrogen-bond donors (Lipinski definition) is 0. The Labute approximate surface area is 181 Å². The highest BCUT2D eigenvalue weighted by molar-refractivity contribution is 7.89. The van der Waals surface area contributed by atoms with Gasteiger partial charge in [0.1, 0.15) is 5.75 Å². The number of carbonyl (C=O) groups excluding carboxylic acids is 2. The van der Waals surface area contributed by atoms with Crippen molar-refractivity contribution in [2.24, 2.45) is 5.92 Å². The lowest BCUT2D eigenvalue weighted by atomic mass is 9.95. The van der Waals surface area contributed by atoms with Crippen LogP contribution in [-0.4, -0.2) is 57.4 Å². The van der Waals surface area contributed by atoms with Crippen LogP contribution in [0.1, 0.15) is 12.8 Å². The predicted octanol–water partition coefficient (Wildman–Crippen LogP) is 2.05. The zero-order chi connectivity index (χ0) is 22.0. The van der Waals surface area contributed by atoms with Crippen molar-refractivity contribution in [2.45, 2.75) is 23.8 Å². The number of hydrogen-bond acceptors (Lipinski definition) is 6. The zero-order valence-electron chi connectivity index (χ0n) is 17.1. The topological polar surface area (TPSA) is 93.2 Å². The van der Waals surface area contributed by atoms with E-state index in [0.29, 0.717) is 24.3 Å². The maximum absolute atomic E-state index is 13.3. The fourth-order valence-electron chi connectivity index (χ4n) is 4.00. The lowest BCUT2D eigenvalue weighted by molar-refractivity contribution is -0.148. The van der Waals surface area contributed by atoms with Gasteiger partial charge in [-0.1, -0.05) is 30.3 Å². The largest absolute Gasteiger partial charge is 0.475 e. The summed E-state index contributed by atoms with van der Waals surface area (Å²) in [4.78, 5) is 27.2. The van der Waals surface area contributed by atoms with E-state index in [1.54, 1.807) is 59.5 Å². The van der Waals surface area contributed by atoms with E-state index in [0.717, 1.165) is 0 Å². The summed E-state index contributed by atoms with van der Waals surface area (Å²) >= 11 is 0. The van der Waals surface area contributed by atoms with Gasteiger partial charge in [-0.2, -0.15) is 4.31 Å². The number of benzene rings is 2. The van der Waals surface area contributed by atoms with Gasteiger partial charge in [-0.15, -0.1) is 0 Å². The Balaban J connectivity index is 1.49. The number of ether oxygens (including phenoxy) is 2. The predicted molar refractivity (Wildman–Crippen MR) is 113 cm³/mol. The van der Waals surface area contributed by atoms with E-state index in [-0.39, 0.29) is 36.4 Å². The Hall–Kier alpha value is -2.91. The molecule has 9 heteroatoms. The minimum atomic E-state index is -3.58. The molecular weight excluding hydrogens is 420 g/mol. The lowest BCUT2D eigenvalue weighted by Crippen LogP contribution is -2.51. The Morgan fingerprint density at radius 3 is 2.32 bits per heavy atom. The standard InChI is InChI=1S/C22H24N2O6S/c1-29-22(26)20-15-24(18-9-5-6-10-19(18)30-20)21(25)16-11-13-23(14-12-16)31(27,28)17-7-3-2-4-8-17/h2-10,16,20H,11-15H2,1H3/t20-/m1/s1. The molecule has 0 saturated carbocycles. The van der Waals surface area contributed by atoms with Crippen LogP contribution in [0.25, 0.3) is 0 Å². The molecule has 1 saturated heterocycles. The van der Waals surface area contributed by atoms with Crippen molar-refractivity contribution < 1.29 is 27.5 Å². The summed E-state index contributed by atoms with van der Waals surface area (Å²) in [6, 6.07) is 15.4. The maximum Gasteiger partial charge on any atom is 0.348 e. The van der Waals surface area contributed by atoms with E-state index < -0.39 is 22.1 Å². The van der Waals surface area contributed by atoms with Crippen LogP contribution in [0, 0.1) is 5.92 Å². The van der Waals surface area contributed by atoms with Crippen molar-refractivity contribution in [3.63, 3.8) is 0 Å². The number of sulfonamides is 1. The van der Waals surface area contributed by atoms with Crippen molar-refractivity contribution in [1.29, 1.82) is 0 Å². The van der Waals surface area contributed by atoms with Gasteiger partial charge in [0, 0.05) is 19.0 Å². The number of amides is 1. The van der Waals surface area contributed by atoms with Gasteiger partial charge in [0.15, 0.2) is 0 Å². The third-order valence-corrected chi connectivity index (χ3v) is 7.60. The molecule has 0 unspecified atom stereocenters. The van der Waals surface area contributed by atoms with Gasteiger partial charge in [-0.3, -0.25) is 4.79 Å². The summed E-state index contributed by atoms with van der Waals surface area (Å²) in [5.74, 6) is -0.578. The molecule has 0 spiro atoms. The van der Waals surface area contributed by atoms with Crippen LogP contribution in [0.5, 0.6) is 5.75 Å². The first-order valence-electron chi connectivity index (χ1n) is 10.1. The molecule has 31 heavy (non-hydrogen) atoms. The molecule has 8 nitrogen and oxygen atoms in total. The number of esters is 1. The summed E-state index contributed by atoms with van der Waals surface area (Å²) in [7, 11) is -2.30. The van der Waals surface area contributed by atoms with Gasteiger partial charge in [-0.25, -0.2) is 13.2 Å². The summed E-state index contributed by atoms with van der Waals surface area (Å²) in [6.45, 7) is 0.588. The highest BCUT2D eigenvalue weighted by Gasteiger charge is 2.39. The number of nitrogens with zero attached hydrogens (tertiary/aromatic N) is 2. The molecule has 2 aromatic carbocycles. The first-order valence-corrected chi connectivity index (χ1v) is 11.6. The first kappa shape index (κ1) is 21.3. The second-order valence-corrected chi connectivity index (χ2v) is 9.48. The van der Waals surface area contributed by atoms with Crippen LogP contribution >= 0.6 is 0 Å². The van der Waals surface area contributed by atoms with Gasteiger partial charge in [0.2, 0.25) is 22.0 Å². The molecular formula is C22H24N2O6S. The Morgan fingerprint density at radius 1 is 1.00 bits per heavy atom. The van der Waals surface area contributed by atoms with E-state index in [1.807, 2.05) is 0 Å². The van der Waals surface area contributed by atoms with E-state index >= 15 is 0 Å². The summed E-state index contributed by atoms with van der Waals surface area (Å²) in [6.07, 6.45) is -0.0805. The molecule has 4 rings (SSSR count). The van der Waals surface area contributed by atoms with Crippen molar-refractivity contribution in [3.8, 4) is 5.75 Å². The molecule has 2 aliphatic rings. The first-order chi connectivity index (χ1) is 14.9. The Kier molecular flexibility index (Phi) is 5.97. The summed E-state index contributed by atoms with van der Waals surface area (Å²) in [5.41, 5.74) is 0.604. The Morgan fingerprint density at radius 2 is 1.65 bits per heavy atom. The van der Waals surface area contributed by atoms with Crippen molar-refractivity contribution >= 4 is 27.6 Å². The van der Waals surface area contributed by atoms with E-state index in [4.69, 9.17) is 9.47 Å². The second-order valence-electron chi connectivity index (χ2n) is 7.54. The molecule has 0 radical (unpaired) electrons. The number of para-hydroxylation sites is 2. The van der Waals surface area contributed by atoms with Crippen LogP contribution in [0.3, 0.4) is 0 Å². The Bertz CT molecular complexity index is 1060. The summed E-state index contributed by atoms with van der Waals surface area (Å²) in [5, 5.41) is 0. The molecule has 164 valence electrons. The molecule has 2 aliphatic heterocycles. The van der Waals surface area contributed by atoms with E-state index in [9.17, 15) is 18.0 Å². The average molecular weight is 445 g/mol. The molecule has 0 N–H and O–H groups in total. The van der Waals surface area contributed by atoms with Crippen molar-refractivity contribution in [1.82, 2.24) is 4.31 Å². The number of rotatable bonds is 4. The summed E-state index contributed by atoms with van der Waals surface area (Å²) < 4.78 is 37.6. The second kappa shape index (κ2) is 8.68. The highest BCUT2D eigenvalue weighted by atomic mass is 32.2. The minimum Gasteiger partial charge on any atom is -0.475 e. The van der Waals surface area contributed by atoms with Gasteiger partial charge in [0.05, 0.1) is 24.2 Å². The van der Waals surface area contributed by atoms with Gasteiger partial charge >= 0.3 is 5.97 Å². The SMILES string of the molecule is COC(=O)[C@H]1CN(C(=O)C2CCN(S(=O)(=O)c3ccccc3)CC2)c2ccccc2O1. The number of methoxy groups -OCH3 is 1. The van der Waals surface area contributed by atoms with Crippen molar-refractivity contribution in [3.05, 3.63) is 54.6 Å². The fourth-order valence-corrected chi connectivity index (χ4v) is 5.49. The third kappa shape index (κ3) is 4.15. The lowest BCUT2D eigenvalue weighted by Gasteiger charge is -2.37. The van der Waals surface area contributed by atoms with Crippen LogP contribution in [-0.2, 0) is 24.3 Å². The zero-order valence-corrected chi connectivity index (χ0v) is 18.0.